The normalized spacial score (nSPS) is 13.1. The number of Topliss-reactive ketones (excluding diaryl/α,β-unsaturated/α-hetero) is 1. The number of carbonyl (C=O) groups excluding carboxylic acids is 1. The predicted octanol–water partition coefficient (Wildman–Crippen LogP) is 6.25. The maximum absolute atomic E-state index is 12.9. The second kappa shape index (κ2) is 11.0. The molecular weight excluding hydrogens is 489 g/mol. The standard InChI is InChI=1S/C24H26ClF3N2O3S/c1-13(2)19(12-33-3)29-11-14-8-16(25)10-17(23(14)32)20(31)6-7-22-30-18-5-4-15(24(26,27)28)9-21(18)34-22/h4-5,8-10,13,19,29,32H,6-7,11-12H2,1-3H3/t19-/m0/s1. The number of phenols is 1. The van der Waals surface area contributed by atoms with E-state index in [1.807, 2.05) is 0 Å². The number of hydrogen-bond donors (Lipinski definition) is 2. The van der Waals surface area contributed by atoms with E-state index >= 15 is 0 Å². The summed E-state index contributed by atoms with van der Waals surface area (Å²) in [5, 5.41) is 14.9. The highest BCUT2D eigenvalue weighted by Gasteiger charge is 2.30. The lowest BCUT2D eigenvalue weighted by molar-refractivity contribution is -0.137. The van der Waals surface area contributed by atoms with Crippen molar-refractivity contribution in [2.75, 3.05) is 13.7 Å². The van der Waals surface area contributed by atoms with Gasteiger partial charge in [-0.1, -0.05) is 25.4 Å². The van der Waals surface area contributed by atoms with Crippen molar-refractivity contribution in [3.63, 3.8) is 0 Å². The summed E-state index contributed by atoms with van der Waals surface area (Å²) in [6, 6.07) is 6.47. The molecule has 2 aromatic carbocycles. The van der Waals surface area contributed by atoms with Gasteiger partial charge in [0.2, 0.25) is 0 Å². The second-order valence-electron chi connectivity index (χ2n) is 8.36. The molecule has 184 valence electrons. The van der Waals surface area contributed by atoms with Crippen molar-refractivity contribution < 1.29 is 27.8 Å². The van der Waals surface area contributed by atoms with Gasteiger partial charge in [0.15, 0.2) is 5.78 Å². The van der Waals surface area contributed by atoms with Crippen LogP contribution in [0.5, 0.6) is 5.75 Å². The van der Waals surface area contributed by atoms with Crippen LogP contribution in [0.2, 0.25) is 5.02 Å². The summed E-state index contributed by atoms with van der Waals surface area (Å²) in [6.45, 7) is 4.90. The second-order valence-corrected chi connectivity index (χ2v) is 9.91. The molecule has 3 rings (SSSR count). The molecule has 5 nitrogen and oxygen atoms in total. The first kappa shape index (κ1) is 26.4. The van der Waals surface area contributed by atoms with Crippen LogP contribution in [0, 0.1) is 5.92 Å². The number of nitrogens with one attached hydrogen (secondary N) is 1. The summed E-state index contributed by atoms with van der Waals surface area (Å²) in [4.78, 5) is 17.2. The van der Waals surface area contributed by atoms with E-state index in [0.29, 0.717) is 44.9 Å². The van der Waals surface area contributed by atoms with Gasteiger partial charge in [0.25, 0.3) is 0 Å². The Bertz CT molecular complexity index is 1160. The van der Waals surface area contributed by atoms with Gasteiger partial charge < -0.3 is 15.2 Å². The number of phenolic OH excluding ortho intramolecular Hbond substituents is 1. The van der Waals surface area contributed by atoms with Gasteiger partial charge in [0, 0.05) is 43.1 Å². The van der Waals surface area contributed by atoms with Crippen LogP contribution in [0.1, 0.15) is 46.8 Å². The molecule has 0 aliphatic heterocycles. The highest BCUT2D eigenvalue weighted by molar-refractivity contribution is 7.18. The Morgan fingerprint density at radius 1 is 1.26 bits per heavy atom. The van der Waals surface area contributed by atoms with Gasteiger partial charge >= 0.3 is 6.18 Å². The van der Waals surface area contributed by atoms with E-state index in [2.05, 4.69) is 24.1 Å². The van der Waals surface area contributed by atoms with E-state index in [1.54, 1.807) is 13.2 Å². The van der Waals surface area contributed by atoms with Crippen LogP contribution in [-0.2, 0) is 23.9 Å². The van der Waals surface area contributed by atoms with Crippen LogP contribution in [0.25, 0.3) is 10.2 Å². The van der Waals surface area contributed by atoms with Crippen molar-refractivity contribution in [1.82, 2.24) is 10.3 Å². The van der Waals surface area contributed by atoms with Crippen LogP contribution in [0.15, 0.2) is 30.3 Å². The number of fused-ring (bicyclic) bond motifs is 1. The fourth-order valence-corrected chi connectivity index (χ4v) is 4.77. The molecule has 0 fully saturated rings. The number of nitrogens with zero attached hydrogens (tertiary/aromatic N) is 1. The SMILES string of the molecule is COC[C@H](NCc1cc(Cl)cc(C(=O)CCc2nc3ccc(C(F)(F)F)cc3s2)c1O)C(C)C. The number of alkyl halides is 3. The summed E-state index contributed by atoms with van der Waals surface area (Å²) >= 11 is 7.33. The predicted molar refractivity (Wildman–Crippen MR) is 128 cm³/mol. The van der Waals surface area contributed by atoms with Gasteiger partial charge in [-0.2, -0.15) is 13.2 Å². The minimum absolute atomic E-state index is 0.0328. The summed E-state index contributed by atoms with van der Waals surface area (Å²) in [7, 11) is 1.62. The van der Waals surface area contributed by atoms with Gasteiger partial charge in [-0.05, 0) is 36.2 Å². The molecule has 0 unspecified atom stereocenters. The molecule has 3 aromatic rings. The van der Waals surface area contributed by atoms with Crippen LogP contribution >= 0.6 is 22.9 Å². The molecule has 0 aliphatic carbocycles. The molecule has 0 bridgehead atoms. The number of rotatable bonds is 10. The van der Waals surface area contributed by atoms with Crippen molar-refractivity contribution >= 4 is 38.9 Å². The molecule has 0 aliphatic rings. The third kappa shape index (κ3) is 6.47. The molecule has 1 aromatic heterocycles. The Kier molecular flexibility index (Phi) is 8.57. The van der Waals surface area contributed by atoms with E-state index < -0.39 is 11.7 Å². The van der Waals surface area contributed by atoms with Gasteiger partial charge in [0.05, 0.1) is 33.0 Å². The third-order valence-corrected chi connectivity index (χ3v) is 6.78. The number of ketones is 1. The maximum Gasteiger partial charge on any atom is 0.416 e. The fraction of sp³-hybridized carbons (Fsp3) is 0.417. The van der Waals surface area contributed by atoms with Crippen molar-refractivity contribution in [3.05, 3.63) is 57.1 Å². The van der Waals surface area contributed by atoms with Gasteiger partial charge in [-0.15, -0.1) is 11.3 Å². The quantitative estimate of drug-likeness (QED) is 0.313. The number of aromatic nitrogens is 1. The zero-order chi connectivity index (χ0) is 25.0. The molecule has 0 radical (unpaired) electrons. The number of benzene rings is 2. The molecule has 34 heavy (non-hydrogen) atoms. The number of thiazole rings is 1. The molecular formula is C24H26ClF3N2O3S. The average Bonchev–Trinajstić information content (AvgIpc) is 3.18. The van der Waals surface area contributed by atoms with E-state index in [-0.39, 0.29) is 36.0 Å². The topological polar surface area (TPSA) is 71.5 Å². The van der Waals surface area contributed by atoms with Gasteiger partial charge in [0.1, 0.15) is 5.75 Å². The van der Waals surface area contributed by atoms with E-state index in [1.165, 1.54) is 12.1 Å². The van der Waals surface area contributed by atoms with Crippen molar-refractivity contribution in [2.45, 2.75) is 45.5 Å². The number of carbonyl (C=O) groups is 1. The fourth-order valence-electron chi connectivity index (χ4n) is 3.52. The molecule has 2 N–H and O–H groups in total. The van der Waals surface area contributed by atoms with E-state index in [0.717, 1.165) is 23.5 Å². The highest BCUT2D eigenvalue weighted by Crippen LogP contribution is 2.34. The minimum Gasteiger partial charge on any atom is -0.507 e. The zero-order valence-corrected chi connectivity index (χ0v) is 20.6. The number of methoxy groups -OCH3 is 1. The van der Waals surface area contributed by atoms with Crippen LogP contribution in [0.3, 0.4) is 0 Å². The Hall–Kier alpha value is -2.20. The molecule has 1 heterocycles. The number of hydrogen-bond acceptors (Lipinski definition) is 6. The monoisotopic (exact) mass is 514 g/mol. The van der Waals surface area contributed by atoms with Crippen molar-refractivity contribution in [2.24, 2.45) is 5.92 Å². The van der Waals surface area contributed by atoms with Crippen LogP contribution in [0.4, 0.5) is 13.2 Å². The Morgan fingerprint density at radius 2 is 2.00 bits per heavy atom. The number of aryl methyl sites for hydroxylation is 1. The first-order valence-corrected chi connectivity index (χ1v) is 11.9. The molecule has 0 saturated carbocycles. The largest absolute Gasteiger partial charge is 0.507 e. The zero-order valence-electron chi connectivity index (χ0n) is 19.0. The lowest BCUT2D eigenvalue weighted by Gasteiger charge is -2.22. The lowest BCUT2D eigenvalue weighted by Crippen LogP contribution is -2.37. The third-order valence-electron chi connectivity index (χ3n) is 5.49. The first-order valence-electron chi connectivity index (χ1n) is 10.7. The van der Waals surface area contributed by atoms with Crippen molar-refractivity contribution in [1.29, 1.82) is 0 Å². The summed E-state index contributed by atoms with van der Waals surface area (Å²) in [5.74, 6) is -0.168. The summed E-state index contributed by atoms with van der Waals surface area (Å²) in [5.41, 5.74) is 0.325. The Balaban J connectivity index is 1.72. The molecule has 10 heteroatoms. The molecule has 0 spiro atoms. The van der Waals surface area contributed by atoms with Crippen LogP contribution < -0.4 is 5.32 Å². The maximum atomic E-state index is 12.9. The lowest BCUT2D eigenvalue weighted by atomic mass is 10.0. The van der Waals surface area contributed by atoms with Crippen molar-refractivity contribution in [3.8, 4) is 5.75 Å². The number of ether oxygens (including phenoxy) is 1. The molecule has 0 saturated heterocycles. The smallest absolute Gasteiger partial charge is 0.416 e. The number of halogens is 4. The van der Waals surface area contributed by atoms with Gasteiger partial charge in [-0.3, -0.25) is 4.79 Å². The average molecular weight is 515 g/mol. The summed E-state index contributed by atoms with van der Waals surface area (Å²) in [6.07, 6.45) is -4.16. The highest BCUT2D eigenvalue weighted by atomic mass is 35.5. The summed E-state index contributed by atoms with van der Waals surface area (Å²) < 4.78 is 44.4. The van der Waals surface area contributed by atoms with E-state index in [9.17, 15) is 23.1 Å². The first-order chi connectivity index (χ1) is 16.0. The number of aromatic hydroxyl groups is 1. The van der Waals surface area contributed by atoms with Gasteiger partial charge in [-0.25, -0.2) is 4.98 Å². The Morgan fingerprint density at radius 3 is 2.65 bits per heavy atom. The Labute approximate surface area is 204 Å². The molecule has 1 atom stereocenters. The van der Waals surface area contributed by atoms with E-state index in [4.69, 9.17) is 16.3 Å². The van der Waals surface area contributed by atoms with Crippen LogP contribution in [-0.4, -0.2) is 35.6 Å². The minimum atomic E-state index is -4.43. The molecule has 0 amide bonds.